The lowest BCUT2D eigenvalue weighted by Crippen LogP contribution is -2.26. The number of aromatic carboxylic acids is 1. The molecule has 0 atom stereocenters. The summed E-state index contributed by atoms with van der Waals surface area (Å²) in [4.78, 5) is 27.3. The van der Waals surface area contributed by atoms with Crippen molar-refractivity contribution >= 4 is 27.6 Å². The maximum atomic E-state index is 12.3. The molecule has 0 saturated carbocycles. The molecule has 0 radical (unpaired) electrons. The fourth-order valence-corrected chi connectivity index (χ4v) is 4.49. The molecule has 2 N–H and O–H groups in total. The summed E-state index contributed by atoms with van der Waals surface area (Å²) in [5.74, 6) is -1.39. The van der Waals surface area contributed by atoms with Crippen LogP contribution in [-0.2, 0) is 16.6 Å². The molecule has 3 rings (SSSR count). The van der Waals surface area contributed by atoms with Crippen LogP contribution in [0.25, 0.3) is 0 Å². The summed E-state index contributed by atoms with van der Waals surface area (Å²) >= 11 is 0. The van der Waals surface area contributed by atoms with Crippen LogP contribution in [0.2, 0.25) is 0 Å². The number of nitrogens with one attached hydrogen (secondary N) is 1. The smallest absolute Gasteiger partial charge is 0.337 e. The molecule has 2 aromatic rings. The summed E-state index contributed by atoms with van der Waals surface area (Å²) in [6.45, 7) is 2.18. The number of aromatic nitrogens is 1. The van der Waals surface area contributed by atoms with E-state index in [1.54, 1.807) is 24.3 Å². The predicted octanol–water partition coefficient (Wildman–Crippen LogP) is 1.56. The van der Waals surface area contributed by atoms with Gasteiger partial charge in [-0.25, -0.2) is 18.2 Å². The molecular formula is C18H19N3O5S. The Bertz CT molecular complexity index is 1000. The van der Waals surface area contributed by atoms with Crippen molar-refractivity contribution in [2.75, 3.05) is 16.6 Å². The fourth-order valence-electron chi connectivity index (χ4n) is 2.94. The van der Waals surface area contributed by atoms with E-state index < -0.39 is 21.9 Å². The monoisotopic (exact) mass is 389 g/mol. The second-order valence-electron chi connectivity index (χ2n) is 6.23. The number of rotatable bonds is 5. The van der Waals surface area contributed by atoms with Crippen LogP contribution in [0.1, 0.15) is 38.5 Å². The third kappa shape index (κ3) is 4.08. The molecule has 2 heterocycles. The van der Waals surface area contributed by atoms with E-state index in [0.717, 1.165) is 5.56 Å². The van der Waals surface area contributed by atoms with Crippen LogP contribution in [0.5, 0.6) is 0 Å². The average molecular weight is 389 g/mol. The third-order valence-electron chi connectivity index (χ3n) is 4.30. The minimum atomic E-state index is -3.26. The van der Waals surface area contributed by atoms with E-state index in [1.807, 2.05) is 0 Å². The van der Waals surface area contributed by atoms with Crippen LogP contribution in [0, 0.1) is 6.92 Å². The number of amides is 1. The molecule has 1 aliphatic rings. The molecule has 0 bridgehead atoms. The fraction of sp³-hybridized carbons (Fsp3) is 0.278. The summed E-state index contributed by atoms with van der Waals surface area (Å²) < 4.78 is 25.5. The van der Waals surface area contributed by atoms with E-state index in [4.69, 9.17) is 5.11 Å². The lowest BCUT2D eigenvalue weighted by atomic mass is 10.1. The second-order valence-corrected chi connectivity index (χ2v) is 8.24. The zero-order chi connectivity index (χ0) is 19.6. The Balaban J connectivity index is 1.70. The first-order valence-electron chi connectivity index (χ1n) is 8.36. The predicted molar refractivity (Wildman–Crippen MR) is 99.3 cm³/mol. The number of carboxylic acid groups (broad SMARTS) is 1. The number of carboxylic acids is 1. The van der Waals surface area contributed by atoms with E-state index >= 15 is 0 Å². The Hall–Kier alpha value is -2.94. The van der Waals surface area contributed by atoms with Crippen molar-refractivity contribution in [3.8, 4) is 0 Å². The zero-order valence-corrected chi connectivity index (χ0v) is 15.5. The lowest BCUT2D eigenvalue weighted by molar-refractivity contribution is 0.0694. The first kappa shape index (κ1) is 18.8. The van der Waals surface area contributed by atoms with Gasteiger partial charge in [0.1, 0.15) is 5.69 Å². The van der Waals surface area contributed by atoms with Crippen LogP contribution < -0.4 is 9.62 Å². The van der Waals surface area contributed by atoms with Gasteiger partial charge in [0.25, 0.3) is 5.91 Å². The van der Waals surface area contributed by atoms with Gasteiger partial charge in [-0.2, -0.15) is 0 Å². The summed E-state index contributed by atoms with van der Waals surface area (Å²) in [5.41, 5.74) is 1.76. The van der Waals surface area contributed by atoms with Gasteiger partial charge in [0.2, 0.25) is 10.0 Å². The maximum absolute atomic E-state index is 12.3. The van der Waals surface area contributed by atoms with Crippen LogP contribution in [0.4, 0.5) is 5.69 Å². The highest BCUT2D eigenvalue weighted by Crippen LogP contribution is 2.24. The number of aryl methyl sites for hydroxylation is 1. The van der Waals surface area contributed by atoms with Crippen LogP contribution in [0.3, 0.4) is 0 Å². The first-order chi connectivity index (χ1) is 12.8. The molecule has 8 nitrogen and oxygen atoms in total. The third-order valence-corrected chi connectivity index (χ3v) is 6.17. The van der Waals surface area contributed by atoms with Gasteiger partial charge in [-0.15, -0.1) is 0 Å². The topological polar surface area (TPSA) is 117 Å². The molecule has 0 spiro atoms. The van der Waals surface area contributed by atoms with Gasteiger partial charge in [-0.1, -0.05) is 12.1 Å². The van der Waals surface area contributed by atoms with E-state index in [2.05, 4.69) is 10.3 Å². The summed E-state index contributed by atoms with van der Waals surface area (Å²) in [5, 5.41) is 11.7. The average Bonchev–Trinajstić information content (AvgIpc) is 2.98. The normalized spacial score (nSPS) is 15.5. The Morgan fingerprint density at radius 1 is 1.26 bits per heavy atom. The van der Waals surface area contributed by atoms with Crippen LogP contribution in [-0.4, -0.2) is 42.7 Å². The van der Waals surface area contributed by atoms with Crippen molar-refractivity contribution in [2.24, 2.45) is 0 Å². The van der Waals surface area contributed by atoms with Crippen molar-refractivity contribution in [2.45, 2.75) is 19.9 Å². The largest absolute Gasteiger partial charge is 0.478 e. The van der Waals surface area contributed by atoms with Gasteiger partial charge in [0, 0.05) is 13.1 Å². The maximum Gasteiger partial charge on any atom is 0.337 e. The molecule has 0 aliphatic carbocycles. The molecule has 1 aliphatic heterocycles. The Kier molecular flexibility index (Phi) is 5.13. The number of pyridine rings is 1. The first-order valence-corrected chi connectivity index (χ1v) is 9.97. The van der Waals surface area contributed by atoms with Crippen molar-refractivity contribution in [3.63, 3.8) is 0 Å². The number of benzene rings is 1. The van der Waals surface area contributed by atoms with Gasteiger partial charge < -0.3 is 10.4 Å². The molecule has 0 unspecified atom stereocenters. The van der Waals surface area contributed by atoms with E-state index in [-0.39, 0.29) is 29.2 Å². The number of hydrogen-bond donors (Lipinski definition) is 2. The van der Waals surface area contributed by atoms with Crippen LogP contribution in [0.15, 0.2) is 36.4 Å². The Labute approximate surface area is 156 Å². The Morgan fingerprint density at radius 3 is 2.67 bits per heavy atom. The Morgan fingerprint density at radius 2 is 2.04 bits per heavy atom. The van der Waals surface area contributed by atoms with E-state index in [9.17, 15) is 18.0 Å². The molecule has 27 heavy (non-hydrogen) atoms. The highest BCUT2D eigenvalue weighted by molar-refractivity contribution is 7.93. The number of anilines is 1. The molecule has 1 aromatic carbocycles. The second kappa shape index (κ2) is 7.36. The highest BCUT2D eigenvalue weighted by Gasteiger charge is 2.28. The van der Waals surface area contributed by atoms with Gasteiger partial charge >= 0.3 is 5.97 Å². The molecule has 1 amide bonds. The number of carbonyl (C=O) groups is 2. The minimum absolute atomic E-state index is 0.0473. The SMILES string of the molecule is Cc1nc(C(=O)NCc2cccc(N3CCCS3(=O)=O)c2)ccc1C(=O)O. The summed E-state index contributed by atoms with van der Waals surface area (Å²) in [6, 6.07) is 9.70. The minimum Gasteiger partial charge on any atom is -0.478 e. The molecule has 1 saturated heterocycles. The van der Waals surface area contributed by atoms with Crippen molar-refractivity contribution in [1.29, 1.82) is 0 Å². The van der Waals surface area contributed by atoms with Crippen molar-refractivity contribution < 1.29 is 23.1 Å². The molecule has 142 valence electrons. The summed E-state index contributed by atoms with van der Waals surface area (Å²) in [6.07, 6.45) is 0.598. The lowest BCUT2D eigenvalue weighted by Gasteiger charge is -2.17. The van der Waals surface area contributed by atoms with E-state index in [0.29, 0.717) is 18.7 Å². The number of carbonyl (C=O) groups excluding carboxylic acids is 1. The number of nitrogens with zero attached hydrogens (tertiary/aromatic N) is 2. The van der Waals surface area contributed by atoms with Gasteiger partial charge in [-0.3, -0.25) is 9.10 Å². The zero-order valence-electron chi connectivity index (χ0n) is 14.7. The number of hydrogen-bond acceptors (Lipinski definition) is 5. The summed E-state index contributed by atoms with van der Waals surface area (Å²) in [7, 11) is -3.26. The molecule has 9 heteroatoms. The molecule has 1 aromatic heterocycles. The molecular weight excluding hydrogens is 370 g/mol. The van der Waals surface area contributed by atoms with Crippen LogP contribution >= 0.6 is 0 Å². The highest BCUT2D eigenvalue weighted by atomic mass is 32.2. The van der Waals surface area contributed by atoms with Gasteiger partial charge in [-0.05, 0) is 43.2 Å². The van der Waals surface area contributed by atoms with Crippen molar-refractivity contribution in [3.05, 3.63) is 58.9 Å². The standard InChI is InChI=1S/C18H19N3O5S/c1-12-15(18(23)24)6-7-16(20-12)17(22)19-11-13-4-2-5-14(10-13)21-8-3-9-27(21,25)26/h2,4-7,10H,3,8-9,11H2,1H3,(H,19,22)(H,23,24). The van der Waals surface area contributed by atoms with Gasteiger partial charge in [0.05, 0.1) is 22.7 Å². The van der Waals surface area contributed by atoms with Gasteiger partial charge in [0.15, 0.2) is 0 Å². The van der Waals surface area contributed by atoms with E-state index in [1.165, 1.54) is 23.4 Å². The molecule has 1 fully saturated rings. The quantitative estimate of drug-likeness (QED) is 0.801. The number of sulfonamides is 1. The van der Waals surface area contributed by atoms with Crippen molar-refractivity contribution in [1.82, 2.24) is 10.3 Å².